The summed E-state index contributed by atoms with van der Waals surface area (Å²) in [5.41, 5.74) is 0.856. The fraction of sp³-hybridized carbons (Fsp3) is 0.533. The summed E-state index contributed by atoms with van der Waals surface area (Å²) < 4.78 is 0. The van der Waals surface area contributed by atoms with E-state index >= 15 is 0 Å². The molecule has 1 fully saturated rings. The summed E-state index contributed by atoms with van der Waals surface area (Å²) >= 11 is 1.71. The third-order valence-corrected chi connectivity index (χ3v) is 4.17. The van der Waals surface area contributed by atoms with Crippen LogP contribution in [0.15, 0.2) is 24.4 Å². The first-order valence-electron chi connectivity index (χ1n) is 7.15. The van der Waals surface area contributed by atoms with Gasteiger partial charge in [0.15, 0.2) is 0 Å². The molecule has 1 atom stereocenters. The smallest absolute Gasteiger partial charge is 0.224 e. The SMILES string of the molecule is CSCCNC(=O)C1CCC(=O)N(Cc2ccccn2)C1. The van der Waals surface area contributed by atoms with Crippen molar-refractivity contribution in [3.8, 4) is 0 Å². The Morgan fingerprint density at radius 3 is 3.10 bits per heavy atom. The van der Waals surface area contributed by atoms with Crippen LogP contribution in [0.5, 0.6) is 0 Å². The van der Waals surface area contributed by atoms with Gasteiger partial charge in [-0.05, 0) is 24.8 Å². The molecule has 2 amide bonds. The van der Waals surface area contributed by atoms with Crippen molar-refractivity contribution in [3.05, 3.63) is 30.1 Å². The predicted molar refractivity (Wildman–Crippen MR) is 83.8 cm³/mol. The van der Waals surface area contributed by atoms with E-state index in [0.717, 1.165) is 11.4 Å². The number of rotatable bonds is 6. The molecule has 1 aromatic heterocycles. The van der Waals surface area contributed by atoms with Crippen molar-refractivity contribution in [2.75, 3.05) is 25.1 Å². The molecule has 0 aliphatic carbocycles. The highest BCUT2D eigenvalue weighted by Gasteiger charge is 2.30. The second kappa shape index (κ2) is 8.02. The fourth-order valence-corrected chi connectivity index (χ4v) is 2.70. The van der Waals surface area contributed by atoms with Gasteiger partial charge in [0.1, 0.15) is 0 Å². The van der Waals surface area contributed by atoms with Crippen LogP contribution in [-0.4, -0.2) is 46.8 Å². The van der Waals surface area contributed by atoms with E-state index in [2.05, 4.69) is 10.3 Å². The van der Waals surface area contributed by atoms with Crippen LogP contribution in [0, 0.1) is 5.92 Å². The number of likely N-dealkylation sites (tertiary alicyclic amines) is 1. The molecule has 21 heavy (non-hydrogen) atoms. The number of nitrogens with zero attached hydrogens (tertiary/aromatic N) is 2. The number of thioether (sulfide) groups is 1. The van der Waals surface area contributed by atoms with Crippen LogP contribution in [-0.2, 0) is 16.1 Å². The number of aromatic nitrogens is 1. The lowest BCUT2D eigenvalue weighted by Crippen LogP contribution is -2.45. The number of carbonyl (C=O) groups excluding carboxylic acids is 2. The van der Waals surface area contributed by atoms with Crippen molar-refractivity contribution >= 4 is 23.6 Å². The first-order chi connectivity index (χ1) is 10.2. The summed E-state index contributed by atoms with van der Waals surface area (Å²) in [7, 11) is 0. The molecule has 1 saturated heterocycles. The average molecular weight is 307 g/mol. The van der Waals surface area contributed by atoms with E-state index in [9.17, 15) is 9.59 Å². The van der Waals surface area contributed by atoms with Gasteiger partial charge in [-0.2, -0.15) is 11.8 Å². The number of nitrogens with one attached hydrogen (secondary N) is 1. The van der Waals surface area contributed by atoms with E-state index in [1.165, 1.54) is 0 Å². The molecule has 6 heteroatoms. The molecule has 1 aromatic rings. The van der Waals surface area contributed by atoms with Gasteiger partial charge >= 0.3 is 0 Å². The van der Waals surface area contributed by atoms with Crippen LogP contribution in [0.4, 0.5) is 0 Å². The maximum atomic E-state index is 12.1. The summed E-state index contributed by atoms with van der Waals surface area (Å²) in [6.07, 6.45) is 4.81. The third-order valence-electron chi connectivity index (χ3n) is 3.56. The third kappa shape index (κ3) is 4.74. The molecule has 2 rings (SSSR count). The van der Waals surface area contributed by atoms with Crippen molar-refractivity contribution in [3.63, 3.8) is 0 Å². The van der Waals surface area contributed by atoms with E-state index in [-0.39, 0.29) is 17.7 Å². The van der Waals surface area contributed by atoms with Gasteiger partial charge in [0.25, 0.3) is 0 Å². The molecular weight excluding hydrogens is 286 g/mol. The molecule has 1 aliphatic rings. The summed E-state index contributed by atoms with van der Waals surface area (Å²) in [6.45, 7) is 1.65. The molecule has 1 aliphatic heterocycles. The number of hydrogen-bond acceptors (Lipinski definition) is 4. The second-order valence-electron chi connectivity index (χ2n) is 5.11. The Morgan fingerprint density at radius 2 is 2.38 bits per heavy atom. The Kier molecular flexibility index (Phi) is 6.04. The lowest BCUT2D eigenvalue weighted by Gasteiger charge is -2.31. The molecule has 0 bridgehead atoms. The predicted octanol–water partition coefficient (Wildman–Crippen LogP) is 1.30. The number of piperidine rings is 1. The Balaban J connectivity index is 1.90. The molecule has 0 radical (unpaired) electrons. The van der Waals surface area contributed by atoms with Gasteiger partial charge < -0.3 is 10.2 Å². The Labute approximate surface area is 129 Å². The lowest BCUT2D eigenvalue weighted by atomic mass is 9.96. The summed E-state index contributed by atoms with van der Waals surface area (Å²) in [6, 6.07) is 5.66. The van der Waals surface area contributed by atoms with E-state index in [1.54, 1.807) is 22.9 Å². The highest BCUT2D eigenvalue weighted by atomic mass is 32.2. The van der Waals surface area contributed by atoms with Gasteiger partial charge in [-0.15, -0.1) is 0 Å². The van der Waals surface area contributed by atoms with E-state index < -0.39 is 0 Å². The van der Waals surface area contributed by atoms with Gasteiger partial charge in [0.2, 0.25) is 11.8 Å². The lowest BCUT2D eigenvalue weighted by molar-refractivity contribution is -0.138. The fourth-order valence-electron chi connectivity index (χ4n) is 2.39. The minimum absolute atomic E-state index is 0.0579. The quantitative estimate of drug-likeness (QED) is 0.805. The number of carbonyl (C=O) groups is 2. The van der Waals surface area contributed by atoms with E-state index in [1.807, 2.05) is 24.5 Å². The molecule has 0 spiro atoms. The number of pyridine rings is 1. The van der Waals surface area contributed by atoms with Crippen LogP contribution >= 0.6 is 11.8 Å². The second-order valence-corrected chi connectivity index (χ2v) is 6.10. The minimum Gasteiger partial charge on any atom is -0.355 e. The van der Waals surface area contributed by atoms with Gasteiger partial charge in [-0.3, -0.25) is 14.6 Å². The number of hydrogen-bond donors (Lipinski definition) is 1. The van der Waals surface area contributed by atoms with Gasteiger partial charge in [0.05, 0.1) is 18.2 Å². The van der Waals surface area contributed by atoms with E-state index in [0.29, 0.717) is 32.5 Å². The zero-order valence-corrected chi connectivity index (χ0v) is 13.1. The van der Waals surface area contributed by atoms with Crippen molar-refractivity contribution < 1.29 is 9.59 Å². The normalized spacial score (nSPS) is 18.6. The monoisotopic (exact) mass is 307 g/mol. The van der Waals surface area contributed by atoms with Crippen molar-refractivity contribution in [2.24, 2.45) is 5.92 Å². The molecular formula is C15H21N3O2S. The summed E-state index contributed by atoms with van der Waals surface area (Å²) in [5.74, 6) is 0.972. The molecule has 1 unspecified atom stereocenters. The summed E-state index contributed by atoms with van der Waals surface area (Å²) in [4.78, 5) is 30.1. The first kappa shape index (κ1) is 15.8. The maximum absolute atomic E-state index is 12.1. The van der Waals surface area contributed by atoms with Gasteiger partial charge in [0, 0.05) is 31.5 Å². The summed E-state index contributed by atoms with van der Waals surface area (Å²) in [5, 5.41) is 2.94. The molecule has 0 saturated carbocycles. The highest BCUT2D eigenvalue weighted by Crippen LogP contribution is 2.19. The van der Waals surface area contributed by atoms with Crippen LogP contribution in [0.2, 0.25) is 0 Å². The zero-order chi connectivity index (χ0) is 15.1. The molecule has 2 heterocycles. The zero-order valence-electron chi connectivity index (χ0n) is 12.2. The standard InChI is InChI=1S/C15H21N3O2S/c1-21-9-8-17-15(20)12-5-6-14(19)18(10-12)11-13-4-2-3-7-16-13/h2-4,7,12H,5-6,8-11H2,1H3,(H,17,20). The van der Waals surface area contributed by atoms with Crippen molar-refractivity contribution in [1.82, 2.24) is 15.2 Å². The minimum atomic E-state index is -0.103. The topological polar surface area (TPSA) is 62.3 Å². The van der Waals surface area contributed by atoms with Gasteiger partial charge in [-0.1, -0.05) is 6.07 Å². The molecule has 5 nitrogen and oxygen atoms in total. The van der Waals surface area contributed by atoms with E-state index in [4.69, 9.17) is 0 Å². The first-order valence-corrected chi connectivity index (χ1v) is 8.54. The average Bonchev–Trinajstić information content (AvgIpc) is 2.50. The molecule has 114 valence electrons. The van der Waals surface area contributed by atoms with Crippen LogP contribution < -0.4 is 5.32 Å². The van der Waals surface area contributed by atoms with Crippen molar-refractivity contribution in [1.29, 1.82) is 0 Å². The van der Waals surface area contributed by atoms with Crippen molar-refractivity contribution in [2.45, 2.75) is 19.4 Å². The van der Waals surface area contributed by atoms with Crippen LogP contribution in [0.3, 0.4) is 0 Å². The van der Waals surface area contributed by atoms with Crippen LogP contribution in [0.25, 0.3) is 0 Å². The Hall–Kier alpha value is -1.56. The Bertz CT molecular complexity index is 481. The highest BCUT2D eigenvalue weighted by molar-refractivity contribution is 7.98. The molecule has 1 N–H and O–H groups in total. The molecule has 0 aromatic carbocycles. The maximum Gasteiger partial charge on any atom is 0.224 e. The van der Waals surface area contributed by atoms with Gasteiger partial charge in [-0.25, -0.2) is 0 Å². The van der Waals surface area contributed by atoms with Crippen LogP contribution in [0.1, 0.15) is 18.5 Å². The largest absolute Gasteiger partial charge is 0.355 e. The Morgan fingerprint density at radius 1 is 1.52 bits per heavy atom. The number of amides is 2.